The van der Waals surface area contributed by atoms with Crippen molar-refractivity contribution < 1.29 is 4.79 Å². The summed E-state index contributed by atoms with van der Waals surface area (Å²) in [4.78, 5) is 14.1. The van der Waals surface area contributed by atoms with Crippen LogP contribution in [-0.2, 0) is 4.79 Å². The standard InChI is InChI=1S/C13H15N3O/c1-16-7-6-11(9-16)13(17)15-12-4-2-10(8-14)3-5-12/h2-5,11H,6-7,9H2,1H3,(H,15,17). The lowest BCUT2D eigenvalue weighted by Crippen LogP contribution is -2.25. The summed E-state index contributed by atoms with van der Waals surface area (Å²) in [5, 5.41) is 11.5. The van der Waals surface area contributed by atoms with Gasteiger partial charge in [0.1, 0.15) is 0 Å². The second kappa shape index (κ2) is 4.98. The number of hydrogen-bond acceptors (Lipinski definition) is 3. The fraction of sp³-hybridized carbons (Fsp3) is 0.385. The maximum Gasteiger partial charge on any atom is 0.228 e. The Labute approximate surface area is 101 Å². The van der Waals surface area contributed by atoms with Gasteiger partial charge in [0.2, 0.25) is 5.91 Å². The third-order valence-electron chi connectivity index (χ3n) is 3.04. The highest BCUT2D eigenvalue weighted by Crippen LogP contribution is 2.17. The minimum Gasteiger partial charge on any atom is -0.326 e. The van der Waals surface area contributed by atoms with Gasteiger partial charge in [0.25, 0.3) is 0 Å². The van der Waals surface area contributed by atoms with Gasteiger partial charge in [-0.2, -0.15) is 5.26 Å². The molecule has 4 heteroatoms. The van der Waals surface area contributed by atoms with Crippen LogP contribution in [0.3, 0.4) is 0 Å². The van der Waals surface area contributed by atoms with Crippen molar-refractivity contribution in [1.29, 1.82) is 5.26 Å². The maximum absolute atomic E-state index is 11.9. The summed E-state index contributed by atoms with van der Waals surface area (Å²) in [7, 11) is 2.02. The van der Waals surface area contributed by atoms with Crippen molar-refractivity contribution in [2.45, 2.75) is 6.42 Å². The van der Waals surface area contributed by atoms with Crippen LogP contribution in [0.4, 0.5) is 5.69 Å². The van der Waals surface area contributed by atoms with E-state index in [1.165, 1.54) is 0 Å². The average molecular weight is 229 g/mol. The Bertz CT molecular complexity index is 447. The van der Waals surface area contributed by atoms with Gasteiger partial charge in [-0.05, 0) is 44.3 Å². The Kier molecular flexibility index (Phi) is 3.40. The summed E-state index contributed by atoms with van der Waals surface area (Å²) in [6.45, 7) is 1.80. The number of nitriles is 1. The predicted molar refractivity (Wildman–Crippen MR) is 65.4 cm³/mol. The molecule has 1 aromatic carbocycles. The van der Waals surface area contributed by atoms with Crippen molar-refractivity contribution in [3.63, 3.8) is 0 Å². The van der Waals surface area contributed by atoms with Crippen molar-refractivity contribution in [2.75, 3.05) is 25.5 Å². The van der Waals surface area contributed by atoms with Gasteiger partial charge in [-0.25, -0.2) is 0 Å². The first kappa shape index (κ1) is 11.6. The average Bonchev–Trinajstić information content (AvgIpc) is 2.77. The number of likely N-dealkylation sites (tertiary alicyclic amines) is 1. The van der Waals surface area contributed by atoms with E-state index < -0.39 is 0 Å². The second-order valence-corrected chi connectivity index (χ2v) is 4.43. The Morgan fingerprint density at radius 2 is 2.18 bits per heavy atom. The molecule has 1 aliphatic rings. The van der Waals surface area contributed by atoms with Crippen LogP contribution in [0.15, 0.2) is 24.3 Å². The molecule has 0 spiro atoms. The molecule has 1 aliphatic heterocycles. The van der Waals surface area contributed by atoms with Crippen LogP contribution in [-0.4, -0.2) is 30.9 Å². The van der Waals surface area contributed by atoms with Gasteiger partial charge in [-0.3, -0.25) is 4.79 Å². The Hall–Kier alpha value is -1.86. The zero-order chi connectivity index (χ0) is 12.3. The fourth-order valence-corrected chi connectivity index (χ4v) is 2.02. The molecule has 0 bridgehead atoms. The number of nitrogens with zero attached hydrogens (tertiary/aromatic N) is 2. The van der Waals surface area contributed by atoms with E-state index in [0.717, 1.165) is 25.2 Å². The highest BCUT2D eigenvalue weighted by atomic mass is 16.1. The Balaban J connectivity index is 1.96. The minimum atomic E-state index is 0.0686. The molecule has 1 fully saturated rings. The van der Waals surface area contributed by atoms with Crippen LogP contribution in [0.5, 0.6) is 0 Å². The van der Waals surface area contributed by atoms with Crippen LogP contribution in [0.2, 0.25) is 0 Å². The molecule has 0 aliphatic carbocycles. The molecule has 0 saturated carbocycles. The summed E-state index contributed by atoms with van der Waals surface area (Å²) >= 11 is 0. The molecule has 2 rings (SSSR count). The van der Waals surface area contributed by atoms with Crippen molar-refractivity contribution in [3.8, 4) is 6.07 Å². The van der Waals surface area contributed by atoms with E-state index >= 15 is 0 Å². The number of nitrogens with one attached hydrogen (secondary N) is 1. The van der Waals surface area contributed by atoms with Crippen LogP contribution >= 0.6 is 0 Å². The summed E-state index contributed by atoms with van der Waals surface area (Å²) in [5.41, 5.74) is 1.35. The SMILES string of the molecule is CN1CCC(C(=O)Nc2ccc(C#N)cc2)C1. The number of carbonyl (C=O) groups excluding carboxylic acids is 1. The van der Waals surface area contributed by atoms with E-state index in [0.29, 0.717) is 5.56 Å². The normalized spacial score (nSPS) is 19.9. The molecule has 0 radical (unpaired) electrons. The van der Waals surface area contributed by atoms with E-state index in [1.54, 1.807) is 24.3 Å². The number of hydrogen-bond donors (Lipinski definition) is 1. The lowest BCUT2D eigenvalue weighted by atomic mass is 10.1. The van der Waals surface area contributed by atoms with E-state index in [-0.39, 0.29) is 11.8 Å². The molecular weight excluding hydrogens is 214 g/mol. The second-order valence-electron chi connectivity index (χ2n) is 4.43. The molecular formula is C13H15N3O. The smallest absolute Gasteiger partial charge is 0.228 e. The van der Waals surface area contributed by atoms with Gasteiger partial charge in [0, 0.05) is 12.2 Å². The first-order chi connectivity index (χ1) is 8.19. The largest absolute Gasteiger partial charge is 0.326 e. The van der Waals surface area contributed by atoms with Gasteiger partial charge in [0.15, 0.2) is 0 Å². The number of anilines is 1. The van der Waals surface area contributed by atoms with E-state index in [9.17, 15) is 4.79 Å². The molecule has 1 unspecified atom stereocenters. The summed E-state index contributed by atoms with van der Waals surface area (Å²) in [5.74, 6) is 0.148. The molecule has 1 amide bonds. The van der Waals surface area contributed by atoms with E-state index in [2.05, 4.69) is 10.2 Å². The third kappa shape index (κ3) is 2.83. The minimum absolute atomic E-state index is 0.0686. The highest BCUT2D eigenvalue weighted by molar-refractivity contribution is 5.92. The van der Waals surface area contributed by atoms with Crippen LogP contribution < -0.4 is 5.32 Å². The van der Waals surface area contributed by atoms with Gasteiger partial charge in [0.05, 0.1) is 17.6 Å². The summed E-state index contributed by atoms with van der Waals surface area (Å²) < 4.78 is 0. The summed E-state index contributed by atoms with van der Waals surface area (Å²) in [6, 6.07) is 8.98. The third-order valence-corrected chi connectivity index (χ3v) is 3.04. The van der Waals surface area contributed by atoms with Gasteiger partial charge < -0.3 is 10.2 Å². The summed E-state index contributed by atoms with van der Waals surface area (Å²) in [6.07, 6.45) is 0.915. The molecule has 1 aromatic rings. The number of amides is 1. The van der Waals surface area contributed by atoms with Gasteiger partial charge in [-0.15, -0.1) is 0 Å². The van der Waals surface area contributed by atoms with Crippen molar-refractivity contribution >= 4 is 11.6 Å². The molecule has 1 heterocycles. The molecule has 1 saturated heterocycles. The molecule has 17 heavy (non-hydrogen) atoms. The van der Waals surface area contributed by atoms with Crippen molar-refractivity contribution in [1.82, 2.24) is 4.90 Å². The fourth-order valence-electron chi connectivity index (χ4n) is 2.02. The lowest BCUT2D eigenvalue weighted by molar-refractivity contribution is -0.119. The number of carbonyl (C=O) groups is 1. The highest BCUT2D eigenvalue weighted by Gasteiger charge is 2.25. The van der Waals surface area contributed by atoms with E-state index in [4.69, 9.17) is 5.26 Å². The molecule has 1 atom stereocenters. The van der Waals surface area contributed by atoms with Gasteiger partial charge in [-0.1, -0.05) is 0 Å². The first-order valence-corrected chi connectivity index (χ1v) is 5.68. The monoisotopic (exact) mass is 229 g/mol. The Morgan fingerprint density at radius 1 is 1.47 bits per heavy atom. The van der Waals surface area contributed by atoms with Crippen molar-refractivity contribution in [3.05, 3.63) is 29.8 Å². The maximum atomic E-state index is 11.9. The zero-order valence-electron chi connectivity index (χ0n) is 9.81. The first-order valence-electron chi connectivity index (χ1n) is 5.68. The van der Waals surface area contributed by atoms with Crippen molar-refractivity contribution in [2.24, 2.45) is 5.92 Å². The van der Waals surface area contributed by atoms with Gasteiger partial charge >= 0.3 is 0 Å². The lowest BCUT2D eigenvalue weighted by Gasteiger charge is -2.11. The number of rotatable bonds is 2. The zero-order valence-corrected chi connectivity index (χ0v) is 9.81. The molecule has 0 aromatic heterocycles. The van der Waals surface area contributed by atoms with Crippen LogP contribution in [0.1, 0.15) is 12.0 Å². The van der Waals surface area contributed by atoms with Crippen LogP contribution in [0, 0.1) is 17.2 Å². The molecule has 4 nitrogen and oxygen atoms in total. The van der Waals surface area contributed by atoms with Crippen LogP contribution in [0.25, 0.3) is 0 Å². The van der Waals surface area contributed by atoms with E-state index in [1.807, 2.05) is 13.1 Å². The quantitative estimate of drug-likeness (QED) is 0.835. The molecule has 88 valence electrons. The molecule has 1 N–H and O–H groups in total. The topological polar surface area (TPSA) is 56.1 Å². The Morgan fingerprint density at radius 3 is 2.71 bits per heavy atom. The number of benzene rings is 1. The predicted octanol–water partition coefficient (Wildman–Crippen LogP) is 1.45.